The van der Waals surface area contributed by atoms with Crippen LogP contribution in [0.1, 0.15) is 10.7 Å². The molecule has 0 aliphatic heterocycles. The van der Waals surface area contributed by atoms with Crippen molar-refractivity contribution in [3.63, 3.8) is 0 Å². The molecule has 0 bridgehead atoms. The van der Waals surface area contributed by atoms with Crippen LogP contribution in [0.2, 0.25) is 0 Å². The number of aryl methyl sites for hydroxylation is 1. The fourth-order valence-corrected chi connectivity index (χ4v) is 3.47. The van der Waals surface area contributed by atoms with Crippen molar-refractivity contribution in [2.75, 3.05) is 14.1 Å². The van der Waals surface area contributed by atoms with Gasteiger partial charge in [0.2, 0.25) is 10.0 Å². The Morgan fingerprint density at radius 2 is 2.13 bits per heavy atom. The van der Waals surface area contributed by atoms with E-state index >= 15 is 0 Å². The van der Waals surface area contributed by atoms with Crippen LogP contribution in [0.4, 0.5) is 0 Å². The van der Waals surface area contributed by atoms with Gasteiger partial charge in [0.05, 0.1) is 15.6 Å². The van der Waals surface area contributed by atoms with Crippen molar-refractivity contribution in [3.05, 3.63) is 34.3 Å². The van der Waals surface area contributed by atoms with E-state index in [1.165, 1.54) is 42.4 Å². The summed E-state index contributed by atoms with van der Waals surface area (Å²) in [5.41, 5.74) is 1.82. The minimum absolute atomic E-state index is 0.159. The maximum Gasteiger partial charge on any atom is 0.242 e. The van der Waals surface area contributed by atoms with E-state index in [0.29, 0.717) is 11.0 Å². The highest BCUT2D eigenvalue weighted by Crippen LogP contribution is 2.19. The second-order valence-electron chi connectivity index (χ2n) is 5.03. The first-order valence-electron chi connectivity index (χ1n) is 6.70. The lowest BCUT2D eigenvalue weighted by atomic mass is 10.3. The molecule has 23 heavy (non-hydrogen) atoms. The Hall–Kier alpha value is -2.04. The van der Waals surface area contributed by atoms with Gasteiger partial charge in [0.1, 0.15) is 11.0 Å². The Balaban J connectivity index is 1.92. The Kier molecular flexibility index (Phi) is 4.04. The average Bonchev–Trinajstić information content (AvgIpc) is 3.10. The van der Waals surface area contributed by atoms with E-state index in [1.807, 2.05) is 12.3 Å². The number of nitrogens with zero attached hydrogens (tertiary/aromatic N) is 5. The predicted octanol–water partition coefficient (Wildman–Crippen LogP) is 1.08. The molecular weight excluding hydrogens is 338 g/mol. The molecule has 0 saturated heterocycles. The quantitative estimate of drug-likeness (QED) is 0.682. The summed E-state index contributed by atoms with van der Waals surface area (Å²) < 4.78 is 25.6. The molecule has 0 unspecified atom stereocenters. The van der Waals surface area contributed by atoms with Gasteiger partial charge in [0.25, 0.3) is 0 Å². The summed E-state index contributed by atoms with van der Waals surface area (Å²) in [5.74, 6) is 0. The van der Waals surface area contributed by atoms with E-state index in [2.05, 4.69) is 15.3 Å². The molecule has 10 heteroatoms. The van der Waals surface area contributed by atoms with E-state index in [-0.39, 0.29) is 11.5 Å². The first kappa shape index (κ1) is 15.8. The summed E-state index contributed by atoms with van der Waals surface area (Å²) >= 11 is 1.53. The fourth-order valence-electron chi connectivity index (χ4n) is 1.95. The zero-order chi connectivity index (χ0) is 16.6. The van der Waals surface area contributed by atoms with Crippen LogP contribution in [0.3, 0.4) is 0 Å². The molecular formula is C13H15N5O3S2. The van der Waals surface area contributed by atoms with Crippen molar-refractivity contribution in [2.45, 2.75) is 18.4 Å². The average molecular weight is 353 g/mol. The summed E-state index contributed by atoms with van der Waals surface area (Å²) in [7, 11) is -0.564. The minimum atomic E-state index is -3.53. The minimum Gasteiger partial charge on any atom is -0.388 e. The molecule has 8 nitrogen and oxygen atoms in total. The monoisotopic (exact) mass is 353 g/mol. The Labute approximate surface area is 137 Å². The molecule has 0 aliphatic rings. The number of benzene rings is 1. The summed E-state index contributed by atoms with van der Waals surface area (Å²) in [6.07, 6.45) is 0. The standard InChI is InChI=1S/C13H15N5O3S2/c1-9-14-10(8-22-9)7-21-18-13-6-11(23(19,20)17(2)3)4-5-12(13)15-16-18/h4-6,8H,7H2,1-3H3. The molecule has 122 valence electrons. The van der Waals surface area contributed by atoms with Gasteiger partial charge in [-0.05, 0) is 30.3 Å². The van der Waals surface area contributed by atoms with Crippen LogP contribution in [0.25, 0.3) is 11.0 Å². The third-order valence-electron chi connectivity index (χ3n) is 3.17. The molecule has 0 aliphatic carbocycles. The molecule has 2 aromatic heterocycles. The van der Waals surface area contributed by atoms with Crippen LogP contribution >= 0.6 is 11.3 Å². The van der Waals surface area contributed by atoms with Gasteiger partial charge in [-0.15, -0.1) is 16.4 Å². The largest absolute Gasteiger partial charge is 0.388 e. The highest BCUT2D eigenvalue weighted by Gasteiger charge is 2.19. The van der Waals surface area contributed by atoms with Gasteiger partial charge >= 0.3 is 0 Å². The van der Waals surface area contributed by atoms with E-state index in [9.17, 15) is 8.42 Å². The van der Waals surface area contributed by atoms with E-state index < -0.39 is 10.0 Å². The Bertz CT molecular complexity index is 946. The summed E-state index contributed by atoms with van der Waals surface area (Å²) in [5, 5.41) is 10.7. The molecule has 3 aromatic rings. The smallest absolute Gasteiger partial charge is 0.242 e. The summed E-state index contributed by atoms with van der Waals surface area (Å²) in [6.45, 7) is 2.14. The lowest BCUT2D eigenvalue weighted by molar-refractivity contribution is 0.0733. The third kappa shape index (κ3) is 3.05. The van der Waals surface area contributed by atoms with Crippen LogP contribution in [0.5, 0.6) is 0 Å². The number of hydrogen-bond acceptors (Lipinski definition) is 7. The van der Waals surface area contributed by atoms with Crippen molar-refractivity contribution in [1.82, 2.24) is 24.4 Å². The molecule has 0 amide bonds. The first-order valence-corrected chi connectivity index (χ1v) is 9.02. The van der Waals surface area contributed by atoms with E-state index in [1.54, 1.807) is 6.07 Å². The molecule has 1 aromatic carbocycles. The zero-order valence-electron chi connectivity index (χ0n) is 12.8. The zero-order valence-corrected chi connectivity index (χ0v) is 14.4. The summed E-state index contributed by atoms with van der Waals surface area (Å²) in [6, 6.07) is 4.60. The van der Waals surface area contributed by atoms with Crippen LogP contribution in [0, 0.1) is 6.92 Å². The molecule has 0 spiro atoms. The molecule has 0 N–H and O–H groups in total. The number of rotatable bonds is 5. The van der Waals surface area contributed by atoms with Crippen molar-refractivity contribution in [3.8, 4) is 0 Å². The van der Waals surface area contributed by atoms with Crippen LogP contribution < -0.4 is 4.84 Å². The highest BCUT2D eigenvalue weighted by atomic mass is 32.2. The molecule has 0 fully saturated rings. The van der Waals surface area contributed by atoms with Crippen LogP contribution in [-0.4, -0.2) is 47.0 Å². The molecule has 2 heterocycles. The van der Waals surface area contributed by atoms with Gasteiger partial charge < -0.3 is 4.84 Å². The van der Waals surface area contributed by atoms with Gasteiger partial charge in [0, 0.05) is 19.5 Å². The van der Waals surface area contributed by atoms with Crippen molar-refractivity contribution >= 4 is 32.4 Å². The lowest BCUT2D eigenvalue weighted by Crippen LogP contribution is -2.22. The fraction of sp³-hybridized carbons (Fsp3) is 0.308. The summed E-state index contributed by atoms with van der Waals surface area (Å²) in [4.78, 5) is 11.2. The van der Waals surface area contributed by atoms with Gasteiger partial charge in [0.15, 0.2) is 6.61 Å². The maximum atomic E-state index is 12.2. The van der Waals surface area contributed by atoms with E-state index in [0.717, 1.165) is 15.0 Å². The van der Waals surface area contributed by atoms with Crippen molar-refractivity contribution in [1.29, 1.82) is 0 Å². The molecule has 0 radical (unpaired) electrons. The van der Waals surface area contributed by atoms with Crippen LogP contribution in [-0.2, 0) is 16.6 Å². The lowest BCUT2D eigenvalue weighted by Gasteiger charge is -2.11. The Morgan fingerprint density at radius 1 is 1.35 bits per heavy atom. The van der Waals surface area contributed by atoms with Crippen molar-refractivity contribution in [2.24, 2.45) is 0 Å². The van der Waals surface area contributed by atoms with E-state index in [4.69, 9.17) is 4.84 Å². The first-order chi connectivity index (χ1) is 10.9. The van der Waals surface area contributed by atoms with Gasteiger partial charge in [-0.1, -0.05) is 4.85 Å². The third-order valence-corrected chi connectivity index (χ3v) is 5.80. The Morgan fingerprint density at radius 3 is 2.78 bits per heavy atom. The van der Waals surface area contributed by atoms with Crippen molar-refractivity contribution < 1.29 is 13.3 Å². The number of hydrogen-bond donors (Lipinski definition) is 0. The maximum absolute atomic E-state index is 12.2. The van der Waals surface area contributed by atoms with Gasteiger partial charge in [-0.2, -0.15) is 0 Å². The number of aromatic nitrogens is 4. The number of thiazole rings is 1. The van der Waals surface area contributed by atoms with Crippen LogP contribution in [0.15, 0.2) is 28.5 Å². The normalized spacial score (nSPS) is 12.2. The second-order valence-corrected chi connectivity index (χ2v) is 8.25. The molecule has 3 rings (SSSR count). The molecule has 0 atom stereocenters. The number of sulfonamides is 1. The van der Waals surface area contributed by atoms with Gasteiger partial charge in [-0.25, -0.2) is 17.7 Å². The number of fused-ring (bicyclic) bond motifs is 1. The molecule has 0 saturated carbocycles. The SMILES string of the molecule is Cc1nc(COn2nnc3ccc(S(=O)(=O)N(C)C)cc32)cs1. The topological polar surface area (TPSA) is 90.2 Å². The second kappa shape index (κ2) is 5.87. The highest BCUT2D eigenvalue weighted by molar-refractivity contribution is 7.89. The van der Waals surface area contributed by atoms with Gasteiger partial charge in [-0.3, -0.25) is 0 Å². The predicted molar refractivity (Wildman–Crippen MR) is 85.5 cm³/mol.